The van der Waals surface area contributed by atoms with Crippen LogP contribution in [0.5, 0.6) is 5.88 Å². The van der Waals surface area contributed by atoms with Crippen molar-refractivity contribution in [2.24, 2.45) is 0 Å². The molecule has 0 unspecified atom stereocenters. The number of methoxy groups -OCH3 is 1. The Labute approximate surface area is 89.7 Å². The number of rotatable bonds is 5. The van der Waals surface area contributed by atoms with E-state index in [4.69, 9.17) is 16.3 Å². The number of alkyl halides is 1. The molecule has 0 bridgehead atoms. The summed E-state index contributed by atoms with van der Waals surface area (Å²) in [7, 11) is 3.65. The van der Waals surface area contributed by atoms with Gasteiger partial charge in [-0.25, -0.2) is 4.98 Å². The highest BCUT2D eigenvalue weighted by Crippen LogP contribution is 2.14. The number of nitrogens with zero attached hydrogens (tertiary/aromatic N) is 2. The summed E-state index contributed by atoms with van der Waals surface area (Å²) in [6.07, 6.45) is 1.73. The lowest BCUT2D eigenvalue weighted by atomic mass is 10.2. The van der Waals surface area contributed by atoms with Crippen LogP contribution < -0.4 is 4.74 Å². The molecule has 0 amide bonds. The van der Waals surface area contributed by atoms with E-state index in [1.165, 1.54) is 0 Å². The van der Waals surface area contributed by atoms with Gasteiger partial charge in [0.05, 0.1) is 7.11 Å². The second-order valence-electron chi connectivity index (χ2n) is 3.10. The maximum atomic E-state index is 5.65. The van der Waals surface area contributed by atoms with E-state index in [9.17, 15) is 0 Å². The van der Waals surface area contributed by atoms with Gasteiger partial charge in [-0.15, -0.1) is 11.6 Å². The zero-order chi connectivity index (χ0) is 10.4. The Bertz CT molecular complexity index is 281. The Kier molecular flexibility index (Phi) is 4.70. The van der Waals surface area contributed by atoms with Crippen molar-refractivity contribution < 1.29 is 4.74 Å². The highest BCUT2D eigenvalue weighted by molar-refractivity contribution is 6.18. The Morgan fingerprint density at radius 3 is 3.00 bits per heavy atom. The number of hydrogen-bond acceptors (Lipinski definition) is 3. The van der Waals surface area contributed by atoms with Crippen LogP contribution in [0, 0.1) is 0 Å². The molecule has 78 valence electrons. The summed E-state index contributed by atoms with van der Waals surface area (Å²) in [5.41, 5.74) is 1.09. The standard InChI is InChI=1S/C10H15ClN2O/c1-13(7-5-11)8-9-4-3-6-12-10(9)14-2/h3-4,6H,5,7-8H2,1-2H3. The fourth-order valence-corrected chi connectivity index (χ4v) is 1.53. The molecular weight excluding hydrogens is 200 g/mol. The lowest BCUT2D eigenvalue weighted by molar-refractivity contribution is 0.330. The van der Waals surface area contributed by atoms with Gasteiger partial charge in [-0.1, -0.05) is 6.07 Å². The van der Waals surface area contributed by atoms with Crippen molar-refractivity contribution in [1.29, 1.82) is 0 Å². The van der Waals surface area contributed by atoms with Crippen molar-refractivity contribution >= 4 is 11.6 Å². The molecule has 0 atom stereocenters. The minimum atomic E-state index is 0.638. The van der Waals surface area contributed by atoms with Crippen LogP contribution in [0.2, 0.25) is 0 Å². The van der Waals surface area contributed by atoms with Gasteiger partial charge in [-0.05, 0) is 13.1 Å². The van der Waals surface area contributed by atoms with Crippen LogP contribution in [0.25, 0.3) is 0 Å². The van der Waals surface area contributed by atoms with Crippen molar-refractivity contribution in [1.82, 2.24) is 9.88 Å². The molecule has 1 heterocycles. The molecule has 0 aromatic carbocycles. The molecule has 0 radical (unpaired) electrons. The van der Waals surface area contributed by atoms with Crippen molar-refractivity contribution in [3.63, 3.8) is 0 Å². The van der Waals surface area contributed by atoms with Crippen LogP contribution >= 0.6 is 11.6 Å². The second-order valence-corrected chi connectivity index (χ2v) is 3.48. The summed E-state index contributed by atoms with van der Waals surface area (Å²) in [4.78, 5) is 6.26. The largest absolute Gasteiger partial charge is 0.481 e. The Balaban J connectivity index is 2.65. The third-order valence-corrected chi connectivity index (χ3v) is 2.12. The lowest BCUT2D eigenvalue weighted by Crippen LogP contribution is -2.20. The number of hydrogen-bond donors (Lipinski definition) is 0. The molecule has 0 fully saturated rings. The van der Waals surface area contributed by atoms with Gasteiger partial charge in [0.2, 0.25) is 5.88 Å². The highest BCUT2D eigenvalue weighted by Gasteiger charge is 2.05. The molecular formula is C10H15ClN2O. The molecule has 4 heteroatoms. The smallest absolute Gasteiger partial charge is 0.217 e. The van der Waals surface area contributed by atoms with E-state index in [0.29, 0.717) is 11.8 Å². The monoisotopic (exact) mass is 214 g/mol. The van der Waals surface area contributed by atoms with Crippen LogP contribution in [0.3, 0.4) is 0 Å². The SMILES string of the molecule is COc1ncccc1CN(C)CCCl. The minimum Gasteiger partial charge on any atom is -0.481 e. The number of pyridine rings is 1. The molecule has 1 rings (SSSR count). The van der Waals surface area contributed by atoms with Gasteiger partial charge in [0.1, 0.15) is 0 Å². The van der Waals surface area contributed by atoms with E-state index in [2.05, 4.69) is 9.88 Å². The lowest BCUT2D eigenvalue weighted by Gasteiger charge is -2.16. The number of aromatic nitrogens is 1. The Morgan fingerprint density at radius 1 is 1.57 bits per heavy atom. The summed E-state index contributed by atoms with van der Waals surface area (Å²) in [6.45, 7) is 1.67. The first-order valence-corrected chi connectivity index (χ1v) is 5.03. The fourth-order valence-electron chi connectivity index (χ4n) is 1.24. The van der Waals surface area contributed by atoms with Gasteiger partial charge in [0.15, 0.2) is 0 Å². The quantitative estimate of drug-likeness (QED) is 0.699. The van der Waals surface area contributed by atoms with Gasteiger partial charge in [-0.2, -0.15) is 0 Å². The van der Waals surface area contributed by atoms with E-state index >= 15 is 0 Å². The first kappa shape index (κ1) is 11.3. The highest BCUT2D eigenvalue weighted by atomic mass is 35.5. The van der Waals surface area contributed by atoms with E-state index in [1.54, 1.807) is 13.3 Å². The molecule has 0 N–H and O–H groups in total. The molecule has 0 spiro atoms. The summed E-state index contributed by atoms with van der Waals surface area (Å²) in [5.74, 6) is 1.33. The van der Waals surface area contributed by atoms with Gasteiger partial charge in [-0.3, -0.25) is 0 Å². The van der Waals surface area contributed by atoms with Crippen molar-refractivity contribution in [2.45, 2.75) is 6.54 Å². The summed E-state index contributed by atoms with van der Waals surface area (Å²) < 4.78 is 5.15. The molecule has 14 heavy (non-hydrogen) atoms. The minimum absolute atomic E-state index is 0.638. The zero-order valence-corrected chi connectivity index (χ0v) is 9.29. The first-order chi connectivity index (χ1) is 6.77. The Morgan fingerprint density at radius 2 is 2.36 bits per heavy atom. The van der Waals surface area contributed by atoms with Crippen molar-refractivity contribution in [3.05, 3.63) is 23.9 Å². The first-order valence-electron chi connectivity index (χ1n) is 4.50. The summed E-state index contributed by atoms with van der Waals surface area (Å²) in [5, 5.41) is 0. The maximum Gasteiger partial charge on any atom is 0.217 e. The van der Waals surface area contributed by atoms with Gasteiger partial charge >= 0.3 is 0 Å². The van der Waals surface area contributed by atoms with Crippen molar-refractivity contribution in [3.8, 4) is 5.88 Å². The third kappa shape index (κ3) is 3.16. The molecule has 3 nitrogen and oxygen atoms in total. The molecule has 0 saturated heterocycles. The van der Waals surface area contributed by atoms with E-state index < -0.39 is 0 Å². The topological polar surface area (TPSA) is 25.4 Å². The fraction of sp³-hybridized carbons (Fsp3) is 0.500. The van der Waals surface area contributed by atoms with Gasteiger partial charge in [0, 0.05) is 30.7 Å². The van der Waals surface area contributed by atoms with Crippen LogP contribution in [-0.4, -0.2) is 36.5 Å². The van der Waals surface area contributed by atoms with Crippen LogP contribution in [0.1, 0.15) is 5.56 Å². The summed E-state index contributed by atoms with van der Waals surface area (Å²) in [6, 6.07) is 3.92. The Hall–Kier alpha value is -0.800. The van der Waals surface area contributed by atoms with Gasteiger partial charge < -0.3 is 9.64 Å². The van der Waals surface area contributed by atoms with E-state index in [0.717, 1.165) is 18.7 Å². The predicted molar refractivity (Wildman–Crippen MR) is 57.8 cm³/mol. The number of ether oxygens (including phenoxy) is 1. The molecule has 0 aliphatic heterocycles. The average molecular weight is 215 g/mol. The molecule has 0 saturated carbocycles. The molecule has 1 aromatic rings. The van der Waals surface area contributed by atoms with Crippen molar-refractivity contribution in [2.75, 3.05) is 26.6 Å². The van der Waals surface area contributed by atoms with Gasteiger partial charge in [0.25, 0.3) is 0 Å². The third-order valence-electron chi connectivity index (χ3n) is 1.95. The molecule has 1 aromatic heterocycles. The van der Waals surface area contributed by atoms with Crippen LogP contribution in [0.15, 0.2) is 18.3 Å². The van der Waals surface area contributed by atoms with E-state index in [-0.39, 0.29) is 0 Å². The number of halogens is 1. The molecule has 0 aliphatic rings. The van der Waals surface area contributed by atoms with E-state index in [1.807, 2.05) is 19.2 Å². The van der Waals surface area contributed by atoms with Crippen LogP contribution in [-0.2, 0) is 6.54 Å². The second kappa shape index (κ2) is 5.83. The molecule has 0 aliphatic carbocycles. The predicted octanol–water partition coefficient (Wildman–Crippen LogP) is 1.76. The zero-order valence-electron chi connectivity index (χ0n) is 8.53. The van der Waals surface area contributed by atoms with Crippen LogP contribution in [0.4, 0.5) is 0 Å². The average Bonchev–Trinajstić information content (AvgIpc) is 2.19. The summed E-state index contributed by atoms with van der Waals surface area (Å²) >= 11 is 5.65. The normalized spacial score (nSPS) is 10.6. The maximum absolute atomic E-state index is 5.65.